The zero-order valence-electron chi connectivity index (χ0n) is 12.6. The van der Waals surface area contributed by atoms with Gasteiger partial charge in [-0.15, -0.1) is 10.2 Å². The van der Waals surface area contributed by atoms with Gasteiger partial charge in [-0.3, -0.25) is 4.79 Å². The predicted octanol–water partition coefficient (Wildman–Crippen LogP) is 1.92. The van der Waals surface area contributed by atoms with Crippen LogP contribution in [0.5, 0.6) is 0 Å². The Morgan fingerprint density at radius 1 is 1.39 bits per heavy atom. The van der Waals surface area contributed by atoms with E-state index in [1.165, 1.54) is 12.1 Å². The summed E-state index contributed by atoms with van der Waals surface area (Å²) in [6.45, 7) is 2.07. The maximum absolute atomic E-state index is 13.1. The van der Waals surface area contributed by atoms with E-state index >= 15 is 0 Å². The molecular weight excluding hydrogens is 323 g/mol. The minimum Gasteiger partial charge on any atom is -0.384 e. The van der Waals surface area contributed by atoms with Crippen molar-refractivity contribution in [2.75, 3.05) is 20.3 Å². The highest BCUT2D eigenvalue weighted by molar-refractivity contribution is 6.33. The molecule has 0 saturated carbocycles. The van der Waals surface area contributed by atoms with Gasteiger partial charge in [0.25, 0.3) is 5.91 Å². The molecule has 6 nitrogen and oxygen atoms in total. The number of halogens is 2. The van der Waals surface area contributed by atoms with Crippen LogP contribution in [0.1, 0.15) is 22.0 Å². The molecule has 0 unspecified atom stereocenters. The van der Waals surface area contributed by atoms with Crippen molar-refractivity contribution in [1.29, 1.82) is 0 Å². The smallest absolute Gasteiger partial charge is 0.255 e. The molecule has 0 atom stereocenters. The maximum Gasteiger partial charge on any atom is 0.255 e. The lowest BCUT2D eigenvalue weighted by Gasteiger charge is -2.28. The first-order valence-corrected chi connectivity index (χ1v) is 7.62. The first kappa shape index (κ1) is 15.9. The van der Waals surface area contributed by atoms with Gasteiger partial charge in [-0.25, -0.2) is 4.39 Å². The number of nitrogens with zero attached hydrogens (tertiary/aromatic N) is 4. The molecule has 1 aliphatic rings. The second-order valence-electron chi connectivity index (χ2n) is 5.28. The molecule has 3 rings (SSSR count). The summed E-state index contributed by atoms with van der Waals surface area (Å²) in [6.07, 6.45) is 0.682. The normalized spacial score (nSPS) is 14.0. The minimum absolute atomic E-state index is 0.114. The van der Waals surface area contributed by atoms with Crippen molar-refractivity contribution < 1.29 is 13.9 Å². The number of amides is 1. The van der Waals surface area contributed by atoms with E-state index in [2.05, 4.69) is 10.2 Å². The SMILES string of the molecule is COCCc1nnc2n1CCN(C(=O)c1ccc(F)cc1Cl)C2. The third-order valence-electron chi connectivity index (χ3n) is 3.81. The molecule has 2 aromatic rings. The van der Waals surface area contributed by atoms with E-state index in [1.54, 1.807) is 12.0 Å². The Kier molecular flexibility index (Phi) is 4.58. The fourth-order valence-electron chi connectivity index (χ4n) is 2.60. The summed E-state index contributed by atoms with van der Waals surface area (Å²) in [6, 6.07) is 3.78. The Morgan fingerprint density at radius 3 is 2.96 bits per heavy atom. The van der Waals surface area contributed by atoms with Crippen molar-refractivity contribution in [3.05, 3.63) is 46.3 Å². The summed E-state index contributed by atoms with van der Waals surface area (Å²) >= 11 is 5.97. The summed E-state index contributed by atoms with van der Waals surface area (Å²) in [5.74, 6) is 0.887. The van der Waals surface area contributed by atoms with Crippen LogP contribution in [0.3, 0.4) is 0 Å². The van der Waals surface area contributed by atoms with Crippen LogP contribution >= 0.6 is 11.6 Å². The van der Waals surface area contributed by atoms with Gasteiger partial charge in [0.1, 0.15) is 11.6 Å². The van der Waals surface area contributed by atoms with Gasteiger partial charge in [0.05, 0.1) is 23.7 Å². The molecule has 122 valence electrons. The van der Waals surface area contributed by atoms with Gasteiger partial charge in [-0.1, -0.05) is 11.6 Å². The van der Waals surface area contributed by atoms with Crippen LogP contribution in [-0.4, -0.2) is 45.8 Å². The van der Waals surface area contributed by atoms with Crippen LogP contribution in [-0.2, 0) is 24.2 Å². The van der Waals surface area contributed by atoms with Crippen LogP contribution in [0.25, 0.3) is 0 Å². The van der Waals surface area contributed by atoms with Gasteiger partial charge in [0.15, 0.2) is 5.82 Å². The van der Waals surface area contributed by atoms with E-state index in [0.29, 0.717) is 38.2 Å². The van der Waals surface area contributed by atoms with E-state index in [9.17, 15) is 9.18 Å². The number of hydrogen-bond acceptors (Lipinski definition) is 4. The fourth-order valence-corrected chi connectivity index (χ4v) is 2.85. The molecule has 0 saturated heterocycles. The molecule has 8 heteroatoms. The van der Waals surface area contributed by atoms with Gasteiger partial charge < -0.3 is 14.2 Å². The lowest BCUT2D eigenvalue weighted by atomic mass is 10.1. The predicted molar refractivity (Wildman–Crippen MR) is 81.8 cm³/mol. The van der Waals surface area contributed by atoms with Crippen LogP contribution in [0, 0.1) is 5.82 Å². The summed E-state index contributed by atoms with van der Waals surface area (Å²) in [7, 11) is 1.64. The molecular formula is C15H16ClFN4O2. The molecule has 0 aliphatic carbocycles. The topological polar surface area (TPSA) is 60.3 Å². The van der Waals surface area contributed by atoms with Gasteiger partial charge in [0.2, 0.25) is 0 Å². The molecule has 1 aliphatic heterocycles. The Labute approximate surface area is 137 Å². The lowest BCUT2D eigenvalue weighted by molar-refractivity contribution is 0.0706. The van der Waals surface area contributed by atoms with Crippen molar-refractivity contribution in [2.24, 2.45) is 0 Å². The lowest BCUT2D eigenvalue weighted by Crippen LogP contribution is -2.39. The van der Waals surface area contributed by atoms with E-state index in [1.807, 2.05) is 4.57 Å². The maximum atomic E-state index is 13.1. The number of benzene rings is 1. The number of carbonyl (C=O) groups is 1. The highest BCUT2D eigenvalue weighted by atomic mass is 35.5. The summed E-state index contributed by atoms with van der Waals surface area (Å²) in [5, 5.41) is 8.41. The van der Waals surface area contributed by atoms with E-state index in [-0.39, 0.29) is 10.9 Å². The van der Waals surface area contributed by atoms with Crippen LogP contribution in [0.4, 0.5) is 4.39 Å². The summed E-state index contributed by atoms with van der Waals surface area (Å²) in [4.78, 5) is 14.2. The molecule has 23 heavy (non-hydrogen) atoms. The summed E-state index contributed by atoms with van der Waals surface area (Å²) < 4.78 is 20.2. The Morgan fingerprint density at radius 2 is 2.22 bits per heavy atom. The third kappa shape index (κ3) is 3.20. The van der Waals surface area contributed by atoms with Crippen molar-refractivity contribution in [3.8, 4) is 0 Å². The van der Waals surface area contributed by atoms with Crippen LogP contribution in [0.2, 0.25) is 5.02 Å². The quantitative estimate of drug-likeness (QED) is 0.854. The second kappa shape index (κ2) is 6.64. The Balaban J connectivity index is 1.76. The standard InChI is InChI=1S/C15H16ClFN4O2/c1-23-7-4-13-18-19-14-9-20(5-6-21(13)14)15(22)11-3-2-10(17)8-12(11)16/h2-3,8H,4-7,9H2,1H3. The number of rotatable bonds is 4. The van der Waals surface area contributed by atoms with E-state index in [0.717, 1.165) is 17.7 Å². The first-order valence-electron chi connectivity index (χ1n) is 7.24. The third-order valence-corrected chi connectivity index (χ3v) is 4.12. The molecule has 1 amide bonds. The average Bonchev–Trinajstić information content (AvgIpc) is 2.94. The summed E-state index contributed by atoms with van der Waals surface area (Å²) in [5.41, 5.74) is 0.292. The van der Waals surface area contributed by atoms with Crippen molar-refractivity contribution in [2.45, 2.75) is 19.5 Å². The van der Waals surface area contributed by atoms with Crippen LogP contribution in [0.15, 0.2) is 18.2 Å². The fraction of sp³-hybridized carbons (Fsp3) is 0.400. The largest absolute Gasteiger partial charge is 0.384 e. The van der Waals surface area contributed by atoms with Gasteiger partial charge in [-0.05, 0) is 18.2 Å². The zero-order chi connectivity index (χ0) is 16.4. The second-order valence-corrected chi connectivity index (χ2v) is 5.68. The Hall–Kier alpha value is -1.99. The van der Waals surface area contributed by atoms with E-state index in [4.69, 9.17) is 16.3 Å². The van der Waals surface area contributed by atoms with Crippen LogP contribution < -0.4 is 0 Å². The van der Waals surface area contributed by atoms with Crippen molar-refractivity contribution >= 4 is 17.5 Å². The highest BCUT2D eigenvalue weighted by Gasteiger charge is 2.26. The Bertz CT molecular complexity index is 734. The minimum atomic E-state index is -0.465. The number of aromatic nitrogens is 3. The molecule has 1 aromatic carbocycles. The van der Waals surface area contributed by atoms with Gasteiger partial charge in [-0.2, -0.15) is 0 Å². The monoisotopic (exact) mass is 338 g/mol. The molecule has 0 fully saturated rings. The highest BCUT2D eigenvalue weighted by Crippen LogP contribution is 2.21. The van der Waals surface area contributed by atoms with Crippen molar-refractivity contribution in [1.82, 2.24) is 19.7 Å². The molecule has 0 spiro atoms. The molecule has 2 heterocycles. The van der Waals surface area contributed by atoms with Crippen molar-refractivity contribution in [3.63, 3.8) is 0 Å². The molecule has 0 N–H and O–H groups in total. The number of carbonyl (C=O) groups excluding carboxylic acids is 1. The number of methoxy groups -OCH3 is 1. The van der Waals surface area contributed by atoms with Gasteiger partial charge in [0, 0.05) is 26.6 Å². The first-order chi connectivity index (χ1) is 11.1. The number of hydrogen-bond donors (Lipinski definition) is 0. The average molecular weight is 339 g/mol. The molecule has 0 bridgehead atoms. The molecule has 0 radical (unpaired) electrons. The number of ether oxygens (including phenoxy) is 1. The zero-order valence-corrected chi connectivity index (χ0v) is 13.4. The number of fused-ring (bicyclic) bond motifs is 1. The molecule has 1 aromatic heterocycles. The van der Waals surface area contributed by atoms with Gasteiger partial charge >= 0.3 is 0 Å². The van der Waals surface area contributed by atoms with E-state index < -0.39 is 5.82 Å².